The third-order valence-electron chi connectivity index (χ3n) is 3.59. The number of carboxylic acid groups (broad SMARTS) is 1. The van der Waals surface area contributed by atoms with Gasteiger partial charge in [0, 0.05) is 6.54 Å². The van der Waals surface area contributed by atoms with E-state index >= 15 is 0 Å². The van der Waals surface area contributed by atoms with Gasteiger partial charge in [0.05, 0.1) is 16.1 Å². The van der Waals surface area contributed by atoms with E-state index < -0.39 is 21.8 Å². The van der Waals surface area contributed by atoms with Gasteiger partial charge in [-0.05, 0) is 48.4 Å². The molecule has 0 radical (unpaired) electrons. The third kappa shape index (κ3) is 2.33. The summed E-state index contributed by atoms with van der Waals surface area (Å²) in [4.78, 5) is 11.0. The summed E-state index contributed by atoms with van der Waals surface area (Å²) in [6.45, 7) is 0.234. The predicted molar refractivity (Wildman–Crippen MR) is 78.0 cm³/mol. The van der Waals surface area contributed by atoms with Crippen LogP contribution < -0.4 is 4.31 Å². The van der Waals surface area contributed by atoms with Crippen LogP contribution in [0, 0.1) is 5.82 Å². The van der Waals surface area contributed by atoms with E-state index in [4.69, 9.17) is 5.11 Å². The lowest BCUT2D eigenvalue weighted by molar-refractivity contribution is 0.0697. The van der Waals surface area contributed by atoms with Crippen LogP contribution in [-0.4, -0.2) is 26.0 Å². The van der Waals surface area contributed by atoms with Crippen molar-refractivity contribution in [3.63, 3.8) is 0 Å². The molecule has 22 heavy (non-hydrogen) atoms. The lowest BCUT2D eigenvalue weighted by Gasteiger charge is -2.19. The van der Waals surface area contributed by atoms with E-state index in [1.165, 1.54) is 28.6 Å². The second-order valence-corrected chi connectivity index (χ2v) is 6.79. The molecule has 0 saturated carbocycles. The standard InChI is InChI=1S/C15H12FNO4S/c16-12-3-5-13(6-4-12)22(20,21)17-8-7-10-1-2-11(15(18)19)9-14(10)17/h1-6,9H,7-8H2,(H,18,19). The molecule has 0 bridgehead atoms. The van der Waals surface area contributed by atoms with Crippen molar-refractivity contribution in [2.75, 3.05) is 10.8 Å². The van der Waals surface area contributed by atoms with Crippen LogP contribution in [0.4, 0.5) is 10.1 Å². The highest BCUT2D eigenvalue weighted by molar-refractivity contribution is 7.92. The lowest BCUT2D eigenvalue weighted by Crippen LogP contribution is -2.29. The molecule has 0 atom stereocenters. The van der Waals surface area contributed by atoms with Crippen molar-refractivity contribution in [3.05, 3.63) is 59.4 Å². The predicted octanol–water partition coefficient (Wildman–Crippen LogP) is 2.28. The van der Waals surface area contributed by atoms with Crippen LogP contribution in [0.15, 0.2) is 47.4 Å². The largest absolute Gasteiger partial charge is 0.478 e. The molecule has 0 fully saturated rings. The second-order valence-electron chi connectivity index (χ2n) is 4.93. The van der Waals surface area contributed by atoms with Gasteiger partial charge in [0.2, 0.25) is 0 Å². The molecule has 0 spiro atoms. The van der Waals surface area contributed by atoms with Crippen LogP contribution in [0.3, 0.4) is 0 Å². The zero-order valence-corrected chi connectivity index (χ0v) is 12.2. The highest BCUT2D eigenvalue weighted by Gasteiger charge is 2.31. The monoisotopic (exact) mass is 321 g/mol. The molecule has 7 heteroatoms. The topological polar surface area (TPSA) is 74.7 Å². The molecule has 1 aliphatic heterocycles. The first-order valence-corrected chi connectivity index (χ1v) is 7.98. The minimum absolute atomic E-state index is 0.0255. The number of halogens is 1. The summed E-state index contributed by atoms with van der Waals surface area (Å²) in [5.74, 6) is -1.64. The van der Waals surface area contributed by atoms with Gasteiger partial charge in [-0.3, -0.25) is 4.31 Å². The van der Waals surface area contributed by atoms with Crippen LogP contribution in [-0.2, 0) is 16.4 Å². The number of nitrogens with zero attached hydrogens (tertiary/aromatic N) is 1. The number of hydrogen-bond donors (Lipinski definition) is 1. The molecular weight excluding hydrogens is 309 g/mol. The molecule has 114 valence electrons. The maximum absolute atomic E-state index is 13.0. The third-order valence-corrected chi connectivity index (χ3v) is 5.41. The van der Waals surface area contributed by atoms with Crippen LogP contribution in [0.25, 0.3) is 0 Å². The van der Waals surface area contributed by atoms with Gasteiger partial charge in [0.15, 0.2) is 0 Å². The summed E-state index contributed by atoms with van der Waals surface area (Å²) >= 11 is 0. The highest BCUT2D eigenvalue weighted by Crippen LogP contribution is 2.33. The fourth-order valence-corrected chi connectivity index (χ4v) is 3.96. The van der Waals surface area contributed by atoms with E-state index in [1.807, 2.05) is 0 Å². The Morgan fingerprint density at radius 1 is 1.14 bits per heavy atom. The summed E-state index contributed by atoms with van der Waals surface area (Å²) in [6.07, 6.45) is 0.510. The Balaban J connectivity index is 2.06. The number of rotatable bonds is 3. The molecule has 2 aromatic rings. The Kier molecular flexibility index (Phi) is 3.37. The van der Waals surface area contributed by atoms with Crippen molar-refractivity contribution in [2.24, 2.45) is 0 Å². The molecule has 0 amide bonds. The van der Waals surface area contributed by atoms with Crippen LogP contribution in [0.2, 0.25) is 0 Å². The smallest absolute Gasteiger partial charge is 0.335 e. The molecule has 1 heterocycles. The average Bonchev–Trinajstić information content (AvgIpc) is 2.91. The molecule has 1 aliphatic rings. The van der Waals surface area contributed by atoms with Crippen LogP contribution >= 0.6 is 0 Å². The molecule has 0 aliphatic carbocycles. The van der Waals surface area contributed by atoms with Gasteiger partial charge in [-0.1, -0.05) is 6.07 Å². The molecular formula is C15H12FNO4S. The Morgan fingerprint density at radius 3 is 2.45 bits per heavy atom. The first kappa shape index (κ1) is 14.5. The Morgan fingerprint density at radius 2 is 1.82 bits per heavy atom. The summed E-state index contributed by atoms with van der Waals surface area (Å²) < 4.78 is 39.4. The quantitative estimate of drug-likeness (QED) is 0.941. The molecule has 0 aromatic heterocycles. The normalized spacial score (nSPS) is 14.0. The van der Waals surface area contributed by atoms with Crippen molar-refractivity contribution < 1.29 is 22.7 Å². The van der Waals surface area contributed by atoms with Crippen molar-refractivity contribution in [1.29, 1.82) is 0 Å². The van der Waals surface area contributed by atoms with Crippen molar-refractivity contribution in [1.82, 2.24) is 0 Å². The van der Waals surface area contributed by atoms with Gasteiger partial charge in [-0.2, -0.15) is 0 Å². The molecule has 0 unspecified atom stereocenters. The van der Waals surface area contributed by atoms with Gasteiger partial charge < -0.3 is 5.11 Å². The number of anilines is 1. The van der Waals surface area contributed by atoms with Crippen LogP contribution in [0.1, 0.15) is 15.9 Å². The minimum atomic E-state index is -3.84. The summed E-state index contributed by atoms with van der Waals surface area (Å²) in [7, 11) is -3.84. The van der Waals surface area contributed by atoms with E-state index in [-0.39, 0.29) is 17.0 Å². The maximum atomic E-state index is 13.0. The number of aromatic carboxylic acids is 1. The zero-order chi connectivity index (χ0) is 15.9. The van der Waals surface area contributed by atoms with Crippen LogP contribution in [0.5, 0.6) is 0 Å². The zero-order valence-electron chi connectivity index (χ0n) is 11.4. The first-order chi connectivity index (χ1) is 10.4. The molecule has 5 nitrogen and oxygen atoms in total. The van der Waals surface area contributed by atoms with E-state index in [0.29, 0.717) is 12.1 Å². The average molecular weight is 321 g/mol. The van der Waals surface area contributed by atoms with E-state index in [2.05, 4.69) is 0 Å². The summed E-state index contributed by atoms with van der Waals surface area (Å²) in [5, 5.41) is 9.04. The van der Waals surface area contributed by atoms with E-state index in [9.17, 15) is 17.6 Å². The first-order valence-electron chi connectivity index (χ1n) is 6.54. The van der Waals surface area contributed by atoms with E-state index in [0.717, 1.165) is 17.7 Å². The number of sulfonamides is 1. The van der Waals surface area contributed by atoms with Crippen molar-refractivity contribution >= 4 is 21.7 Å². The Hall–Kier alpha value is -2.41. The fourth-order valence-electron chi connectivity index (χ4n) is 2.47. The van der Waals surface area contributed by atoms with Gasteiger partial charge in [-0.25, -0.2) is 17.6 Å². The highest BCUT2D eigenvalue weighted by atomic mass is 32.2. The molecule has 3 rings (SSSR count). The molecule has 2 aromatic carbocycles. The lowest BCUT2D eigenvalue weighted by atomic mass is 10.1. The summed E-state index contributed by atoms with van der Waals surface area (Å²) in [6, 6.07) is 8.99. The minimum Gasteiger partial charge on any atom is -0.478 e. The molecule has 0 saturated heterocycles. The molecule has 1 N–H and O–H groups in total. The number of hydrogen-bond acceptors (Lipinski definition) is 3. The number of fused-ring (bicyclic) bond motifs is 1. The van der Waals surface area contributed by atoms with E-state index in [1.54, 1.807) is 6.07 Å². The SMILES string of the molecule is O=C(O)c1ccc2c(c1)N(S(=O)(=O)c1ccc(F)cc1)CC2. The van der Waals surface area contributed by atoms with Gasteiger partial charge in [-0.15, -0.1) is 0 Å². The number of carbonyl (C=O) groups is 1. The van der Waals surface area contributed by atoms with Gasteiger partial charge in [0.25, 0.3) is 10.0 Å². The van der Waals surface area contributed by atoms with Gasteiger partial charge in [0.1, 0.15) is 5.82 Å². The van der Waals surface area contributed by atoms with Gasteiger partial charge >= 0.3 is 5.97 Å². The van der Waals surface area contributed by atoms with Crippen molar-refractivity contribution in [3.8, 4) is 0 Å². The number of benzene rings is 2. The maximum Gasteiger partial charge on any atom is 0.335 e. The second kappa shape index (κ2) is 5.10. The Labute approximate surface area is 126 Å². The summed E-state index contributed by atoms with van der Waals surface area (Å²) in [5.41, 5.74) is 1.17. The fraction of sp³-hybridized carbons (Fsp3) is 0.133. The number of carboxylic acids is 1. The Bertz CT molecular complexity index is 846. The van der Waals surface area contributed by atoms with Crippen molar-refractivity contribution in [2.45, 2.75) is 11.3 Å².